The highest BCUT2D eigenvalue weighted by Gasteiger charge is 2.16. The summed E-state index contributed by atoms with van der Waals surface area (Å²) in [4.78, 5) is 22.4. The van der Waals surface area contributed by atoms with E-state index in [4.69, 9.17) is 0 Å². The Kier molecular flexibility index (Phi) is 4.65. The van der Waals surface area contributed by atoms with E-state index in [0.29, 0.717) is 18.8 Å². The highest BCUT2D eigenvalue weighted by molar-refractivity contribution is 5.93. The van der Waals surface area contributed by atoms with Gasteiger partial charge in [0.2, 0.25) is 0 Å². The van der Waals surface area contributed by atoms with Crippen LogP contribution in [-0.2, 0) is 6.54 Å². The van der Waals surface area contributed by atoms with E-state index in [1.807, 2.05) is 32.2 Å². The molecule has 1 N–H and O–H groups in total. The van der Waals surface area contributed by atoms with Crippen molar-refractivity contribution >= 4 is 11.6 Å². The minimum absolute atomic E-state index is 0.0681. The van der Waals surface area contributed by atoms with Gasteiger partial charge in [-0.1, -0.05) is 0 Å². The first kappa shape index (κ1) is 14.0. The van der Waals surface area contributed by atoms with Crippen molar-refractivity contribution < 1.29 is 4.79 Å². The lowest BCUT2D eigenvalue weighted by molar-refractivity contribution is 0.0746. The zero-order valence-corrected chi connectivity index (χ0v) is 11.7. The van der Waals surface area contributed by atoms with Crippen molar-refractivity contribution in [1.82, 2.24) is 14.9 Å². The van der Waals surface area contributed by atoms with Crippen LogP contribution in [0.15, 0.2) is 42.9 Å². The molecule has 0 fully saturated rings. The zero-order chi connectivity index (χ0) is 14.4. The van der Waals surface area contributed by atoms with Crippen molar-refractivity contribution in [3.8, 4) is 0 Å². The molecule has 1 amide bonds. The molecule has 2 aromatic rings. The Morgan fingerprint density at radius 2 is 2.00 bits per heavy atom. The fourth-order valence-electron chi connectivity index (χ4n) is 1.90. The van der Waals surface area contributed by atoms with Crippen molar-refractivity contribution in [1.29, 1.82) is 0 Å². The van der Waals surface area contributed by atoms with Gasteiger partial charge in [0.15, 0.2) is 0 Å². The number of aromatic nitrogens is 2. The Labute approximate surface area is 118 Å². The second kappa shape index (κ2) is 6.65. The molecule has 5 nitrogen and oxygen atoms in total. The standard InChI is InChI=1S/C15H18N4O/c1-3-19(11-12-4-7-17-8-5-12)15(20)14-10-13(16-2)6-9-18-14/h4-10H,3,11H2,1-2H3,(H,16,18). The van der Waals surface area contributed by atoms with Gasteiger partial charge in [-0.15, -0.1) is 0 Å². The lowest BCUT2D eigenvalue weighted by Gasteiger charge is -2.20. The molecular formula is C15H18N4O. The largest absolute Gasteiger partial charge is 0.388 e. The Balaban J connectivity index is 2.16. The molecule has 0 bridgehead atoms. The van der Waals surface area contributed by atoms with Crippen LogP contribution in [0.5, 0.6) is 0 Å². The first-order chi connectivity index (χ1) is 9.74. The van der Waals surface area contributed by atoms with Crippen molar-refractivity contribution in [2.24, 2.45) is 0 Å². The molecule has 0 aliphatic rings. The summed E-state index contributed by atoms with van der Waals surface area (Å²) >= 11 is 0. The summed E-state index contributed by atoms with van der Waals surface area (Å²) in [5, 5.41) is 3.01. The third kappa shape index (κ3) is 3.32. The number of pyridine rings is 2. The molecule has 0 aliphatic heterocycles. The maximum Gasteiger partial charge on any atom is 0.272 e. The van der Waals surface area contributed by atoms with Crippen LogP contribution in [0.25, 0.3) is 0 Å². The van der Waals surface area contributed by atoms with Gasteiger partial charge in [0.25, 0.3) is 5.91 Å². The van der Waals surface area contributed by atoms with Crippen LogP contribution in [0, 0.1) is 0 Å². The molecule has 0 atom stereocenters. The van der Waals surface area contributed by atoms with Crippen LogP contribution in [0.2, 0.25) is 0 Å². The number of amides is 1. The molecule has 0 radical (unpaired) electrons. The minimum Gasteiger partial charge on any atom is -0.388 e. The maximum absolute atomic E-state index is 12.5. The first-order valence-electron chi connectivity index (χ1n) is 6.56. The third-order valence-electron chi connectivity index (χ3n) is 3.06. The minimum atomic E-state index is -0.0681. The predicted molar refractivity (Wildman–Crippen MR) is 78.4 cm³/mol. The molecule has 0 unspecified atom stereocenters. The second-order valence-corrected chi connectivity index (χ2v) is 4.35. The van der Waals surface area contributed by atoms with Gasteiger partial charge < -0.3 is 10.2 Å². The average molecular weight is 270 g/mol. The van der Waals surface area contributed by atoms with Crippen molar-refractivity contribution in [2.45, 2.75) is 13.5 Å². The van der Waals surface area contributed by atoms with E-state index in [-0.39, 0.29) is 5.91 Å². The number of nitrogens with zero attached hydrogens (tertiary/aromatic N) is 3. The number of anilines is 1. The molecule has 5 heteroatoms. The zero-order valence-electron chi connectivity index (χ0n) is 11.7. The van der Waals surface area contributed by atoms with Gasteiger partial charge in [-0.3, -0.25) is 14.8 Å². The summed E-state index contributed by atoms with van der Waals surface area (Å²) in [6.07, 6.45) is 5.10. The SMILES string of the molecule is CCN(Cc1ccncc1)C(=O)c1cc(NC)ccn1. The molecular weight excluding hydrogens is 252 g/mol. The van der Waals surface area contributed by atoms with Crippen LogP contribution < -0.4 is 5.32 Å². The number of carbonyl (C=O) groups excluding carboxylic acids is 1. The molecule has 20 heavy (non-hydrogen) atoms. The van der Waals surface area contributed by atoms with Gasteiger partial charge in [-0.25, -0.2) is 0 Å². The Hall–Kier alpha value is -2.43. The van der Waals surface area contributed by atoms with Gasteiger partial charge in [0.1, 0.15) is 5.69 Å². The van der Waals surface area contributed by atoms with Gasteiger partial charge in [0.05, 0.1) is 0 Å². The molecule has 0 saturated carbocycles. The summed E-state index contributed by atoms with van der Waals surface area (Å²) in [5.74, 6) is -0.0681. The molecule has 2 heterocycles. The molecule has 2 rings (SSSR count). The average Bonchev–Trinajstić information content (AvgIpc) is 2.53. The van der Waals surface area contributed by atoms with Gasteiger partial charge >= 0.3 is 0 Å². The van der Waals surface area contributed by atoms with Crippen LogP contribution in [-0.4, -0.2) is 34.4 Å². The number of rotatable bonds is 5. The van der Waals surface area contributed by atoms with Gasteiger partial charge in [-0.05, 0) is 36.8 Å². The molecule has 0 aliphatic carbocycles. The fourth-order valence-corrected chi connectivity index (χ4v) is 1.90. The molecule has 0 aromatic carbocycles. The molecule has 0 saturated heterocycles. The van der Waals surface area contributed by atoms with Gasteiger partial charge in [0, 0.05) is 44.4 Å². The number of carbonyl (C=O) groups is 1. The molecule has 104 valence electrons. The van der Waals surface area contributed by atoms with Crippen LogP contribution in [0.3, 0.4) is 0 Å². The Morgan fingerprint density at radius 1 is 1.25 bits per heavy atom. The van der Waals surface area contributed by atoms with E-state index in [0.717, 1.165) is 11.3 Å². The van der Waals surface area contributed by atoms with E-state index in [2.05, 4.69) is 15.3 Å². The van der Waals surface area contributed by atoms with E-state index < -0.39 is 0 Å². The van der Waals surface area contributed by atoms with E-state index in [9.17, 15) is 4.79 Å². The van der Waals surface area contributed by atoms with Crippen molar-refractivity contribution in [3.63, 3.8) is 0 Å². The van der Waals surface area contributed by atoms with E-state index >= 15 is 0 Å². The normalized spacial score (nSPS) is 10.1. The highest BCUT2D eigenvalue weighted by Crippen LogP contribution is 2.11. The summed E-state index contributed by atoms with van der Waals surface area (Å²) in [6.45, 7) is 3.15. The first-order valence-corrected chi connectivity index (χ1v) is 6.56. The van der Waals surface area contributed by atoms with Crippen molar-refractivity contribution in [3.05, 3.63) is 54.1 Å². The summed E-state index contributed by atoms with van der Waals surface area (Å²) in [6, 6.07) is 7.41. The number of hydrogen-bond donors (Lipinski definition) is 1. The number of nitrogens with one attached hydrogen (secondary N) is 1. The summed E-state index contributed by atoms with van der Waals surface area (Å²) < 4.78 is 0. The monoisotopic (exact) mass is 270 g/mol. The highest BCUT2D eigenvalue weighted by atomic mass is 16.2. The lowest BCUT2D eigenvalue weighted by atomic mass is 10.2. The number of hydrogen-bond acceptors (Lipinski definition) is 4. The smallest absolute Gasteiger partial charge is 0.272 e. The predicted octanol–water partition coefficient (Wildman–Crippen LogP) is 2.18. The van der Waals surface area contributed by atoms with Crippen LogP contribution in [0.4, 0.5) is 5.69 Å². The topological polar surface area (TPSA) is 58.1 Å². The molecule has 2 aromatic heterocycles. The van der Waals surface area contributed by atoms with E-state index in [1.165, 1.54) is 0 Å². The van der Waals surface area contributed by atoms with Crippen LogP contribution >= 0.6 is 0 Å². The van der Waals surface area contributed by atoms with E-state index in [1.54, 1.807) is 29.6 Å². The van der Waals surface area contributed by atoms with Crippen LogP contribution in [0.1, 0.15) is 23.0 Å². The second-order valence-electron chi connectivity index (χ2n) is 4.35. The summed E-state index contributed by atoms with van der Waals surface area (Å²) in [7, 11) is 1.82. The third-order valence-corrected chi connectivity index (χ3v) is 3.06. The quantitative estimate of drug-likeness (QED) is 0.904. The summed E-state index contributed by atoms with van der Waals surface area (Å²) in [5.41, 5.74) is 2.39. The lowest BCUT2D eigenvalue weighted by Crippen LogP contribution is -2.31. The Morgan fingerprint density at radius 3 is 2.65 bits per heavy atom. The molecule has 0 spiro atoms. The van der Waals surface area contributed by atoms with Crippen molar-refractivity contribution in [2.75, 3.05) is 18.9 Å². The maximum atomic E-state index is 12.5. The van der Waals surface area contributed by atoms with Gasteiger partial charge in [-0.2, -0.15) is 0 Å². The fraction of sp³-hybridized carbons (Fsp3) is 0.267. The Bertz CT molecular complexity index is 571.